The molecule has 146 valence electrons. The van der Waals surface area contributed by atoms with Crippen molar-refractivity contribution in [3.8, 4) is 5.75 Å². The van der Waals surface area contributed by atoms with Crippen LogP contribution in [-0.4, -0.2) is 15.5 Å². The highest BCUT2D eigenvalue weighted by atomic mass is 32.2. The Balaban J connectivity index is 1.99. The molecule has 0 unspecified atom stereocenters. The predicted molar refractivity (Wildman–Crippen MR) is 113 cm³/mol. The van der Waals surface area contributed by atoms with Gasteiger partial charge in [0.15, 0.2) is 0 Å². The third kappa shape index (κ3) is 4.37. The average molecular weight is 396 g/mol. The van der Waals surface area contributed by atoms with Crippen LogP contribution in [0.15, 0.2) is 83.8 Å². The zero-order valence-corrected chi connectivity index (χ0v) is 17.2. The van der Waals surface area contributed by atoms with Gasteiger partial charge in [0.1, 0.15) is 5.75 Å². The van der Waals surface area contributed by atoms with Gasteiger partial charge in [0.05, 0.1) is 24.2 Å². The molecule has 0 saturated heterocycles. The van der Waals surface area contributed by atoms with E-state index in [9.17, 15) is 8.42 Å². The Morgan fingerprint density at radius 3 is 2.00 bits per heavy atom. The summed E-state index contributed by atoms with van der Waals surface area (Å²) in [6.07, 6.45) is 0. The fraction of sp³-hybridized carbons (Fsp3) is 0.217. The lowest BCUT2D eigenvalue weighted by Crippen LogP contribution is -2.30. The van der Waals surface area contributed by atoms with Crippen LogP contribution >= 0.6 is 0 Å². The van der Waals surface area contributed by atoms with E-state index in [1.54, 1.807) is 31.4 Å². The Morgan fingerprint density at radius 2 is 1.46 bits per heavy atom. The molecule has 0 bridgehead atoms. The van der Waals surface area contributed by atoms with Gasteiger partial charge in [-0.15, -0.1) is 0 Å². The fourth-order valence-corrected chi connectivity index (χ4v) is 4.41. The van der Waals surface area contributed by atoms with Crippen molar-refractivity contribution in [1.82, 2.24) is 0 Å². The second kappa shape index (κ2) is 8.48. The van der Waals surface area contributed by atoms with E-state index in [0.29, 0.717) is 17.4 Å². The summed E-state index contributed by atoms with van der Waals surface area (Å²) in [4.78, 5) is 0.232. The van der Waals surface area contributed by atoms with Crippen LogP contribution in [0.4, 0.5) is 5.69 Å². The molecule has 0 spiro atoms. The topological polar surface area (TPSA) is 46.6 Å². The van der Waals surface area contributed by atoms with E-state index in [4.69, 9.17) is 4.74 Å². The molecule has 0 heterocycles. The molecule has 0 aliphatic heterocycles. The standard InChI is InChI=1S/C23H25NO3S/c1-18(2)20-11-9-19(10-12-20)17-24(21-7-5-4-6-8-21)28(25,26)23-15-13-22(27-3)14-16-23/h4-16,18H,17H2,1-3H3. The minimum atomic E-state index is -3.73. The molecule has 0 fully saturated rings. The Labute approximate surface area is 167 Å². The first-order valence-corrected chi connectivity index (χ1v) is 10.7. The molecule has 0 radical (unpaired) electrons. The highest BCUT2D eigenvalue weighted by molar-refractivity contribution is 7.92. The van der Waals surface area contributed by atoms with Crippen LogP contribution in [0.1, 0.15) is 30.9 Å². The zero-order chi connectivity index (χ0) is 20.1. The quantitative estimate of drug-likeness (QED) is 0.551. The summed E-state index contributed by atoms with van der Waals surface area (Å²) in [6, 6.07) is 23.8. The van der Waals surface area contributed by atoms with Crippen LogP contribution in [0, 0.1) is 0 Å². The number of hydrogen-bond acceptors (Lipinski definition) is 3. The molecule has 3 aromatic rings. The third-order valence-corrected chi connectivity index (χ3v) is 6.45. The highest BCUT2D eigenvalue weighted by Gasteiger charge is 2.25. The maximum atomic E-state index is 13.4. The van der Waals surface area contributed by atoms with Gasteiger partial charge in [-0.1, -0.05) is 56.3 Å². The first kappa shape index (κ1) is 20.0. The minimum absolute atomic E-state index is 0.232. The molecule has 5 heteroatoms. The van der Waals surface area contributed by atoms with Gasteiger partial charge in [0.2, 0.25) is 0 Å². The van der Waals surface area contributed by atoms with Gasteiger partial charge in [-0.05, 0) is 53.4 Å². The Hall–Kier alpha value is -2.79. The van der Waals surface area contributed by atoms with Gasteiger partial charge >= 0.3 is 0 Å². The van der Waals surface area contributed by atoms with E-state index in [1.807, 2.05) is 42.5 Å². The summed E-state index contributed by atoms with van der Waals surface area (Å²) in [5.74, 6) is 1.05. The normalized spacial score (nSPS) is 11.4. The number of rotatable bonds is 7. The third-order valence-electron chi connectivity index (χ3n) is 4.66. The van der Waals surface area contributed by atoms with Crippen LogP contribution in [0.5, 0.6) is 5.75 Å². The van der Waals surface area contributed by atoms with Crippen molar-refractivity contribution in [3.05, 3.63) is 90.0 Å². The molecule has 0 aliphatic carbocycles. The number of nitrogens with zero attached hydrogens (tertiary/aromatic N) is 1. The lowest BCUT2D eigenvalue weighted by atomic mass is 10.0. The van der Waals surface area contributed by atoms with Gasteiger partial charge < -0.3 is 4.74 Å². The van der Waals surface area contributed by atoms with Gasteiger partial charge in [0.25, 0.3) is 10.0 Å². The zero-order valence-electron chi connectivity index (χ0n) is 16.4. The summed E-state index contributed by atoms with van der Waals surface area (Å²) in [7, 11) is -2.17. The summed E-state index contributed by atoms with van der Waals surface area (Å²) in [5.41, 5.74) is 2.80. The number of methoxy groups -OCH3 is 1. The van der Waals surface area contributed by atoms with Gasteiger partial charge in [0, 0.05) is 0 Å². The van der Waals surface area contributed by atoms with Crippen LogP contribution < -0.4 is 9.04 Å². The second-order valence-corrected chi connectivity index (χ2v) is 8.78. The van der Waals surface area contributed by atoms with E-state index in [-0.39, 0.29) is 11.4 Å². The number of benzene rings is 3. The predicted octanol–water partition coefficient (Wildman–Crippen LogP) is 5.21. The minimum Gasteiger partial charge on any atom is -0.497 e. The lowest BCUT2D eigenvalue weighted by Gasteiger charge is -2.25. The Morgan fingerprint density at radius 1 is 0.857 bits per heavy atom. The van der Waals surface area contributed by atoms with Gasteiger partial charge in [-0.2, -0.15) is 0 Å². The molecule has 0 aromatic heterocycles. The average Bonchev–Trinajstić information content (AvgIpc) is 2.73. The smallest absolute Gasteiger partial charge is 0.264 e. The number of hydrogen-bond donors (Lipinski definition) is 0. The lowest BCUT2D eigenvalue weighted by molar-refractivity contribution is 0.414. The molecule has 28 heavy (non-hydrogen) atoms. The van der Waals surface area contributed by atoms with Crippen molar-refractivity contribution in [1.29, 1.82) is 0 Å². The van der Waals surface area contributed by atoms with Crippen LogP contribution in [0.2, 0.25) is 0 Å². The molecular weight excluding hydrogens is 370 g/mol. The molecule has 0 N–H and O–H groups in total. The largest absolute Gasteiger partial charge is 0.497 e. The number of sulfonamides is 1. The van der Waals surface area contributed by atoms with Crippen LogP contribution in [0.3, 0.4) is 0 Å². The van der Waals surface area contributed by atoms with Gasteiger partial charge in [-0.3, -0.25) is 4.31 Å². The molecule has 0 atom stereocenters. The highest BCUT2D eigenvalue weighted by Crippen LogP contribution is 2.27. The van der Waals surface area contributed by atoms with E-state index in [0.717, 1.165) is 5.56 Å². The first-order chi connectivity index (χ1) is 13.4. The number of ether oxygens (including phenoxy) is 1. The summed E-state index contributed by atoms with van der Waals surface area (Å²) in [6.45, 7) is 4.54. The maximum absolute atomic E-state index is 13.4. The van der Waals surface area contributed by atoms with Crippen molar-refractivity contribution < 1.29 is 13.2 Å². The van der Waals surface area contributed by atoms with Crippen molar-refractivity contribution in [3.63, 3.8) is 0 Å². The van der Waals surface area contributed by atoms with E-state index in [2.05, 4.69) is 26.0 Å². The Bertz CT molecular complexity index is 996. The van der Waals surface area contributed by atoms with Crippen LogP contribution in [0.25, 0.3) is 0 Å². The molecule has 0 amide bonds. The van der Waals surface area contributed by atoms with E-state index < -0.39 is 10.0 Å². The molecule has 0 aliphatic rings. The molecule has 0 saturated carbocycles. The van der Waals surface area contributed by atoms with E-state index >= 15 is 0 Å². The van der Waals surface area contributed by atoms with E-state index in [1.165, 1.54) is 9.87 Å². The van der Waals surface area contributed by atoms with Crippen molar-refractivity contribution >= 4 is 15.7 Å². The van der Waals surface area contributed by atoms with Gasteiger partial charge in [-0.25, -0.2) is 8.42 Å². The number of para-hydroxylation sites is 1. The molecule has 3 rings (SSSR count). The molecule has 3 aromatic carbocycles. The summed E-state index contributed by atoms with van der Waals surface area (Å²) >= 11 is 0. The molecular formula is C23H25NO3S. The van der Waals surface area contributed by atoms with Crippen molar-refractivity contribution in [2.45, 2.75) is 31.2 Å². The maximum Gasteiger partial charge on any atom is 0.264 e. The fourth-order valence-electron chi connectivity index (χ4n) is 2.96. The molecule has 4 nitrogen and oxygen atoms in total. The second-order valence-electron chi connectivity index (χ2n) is 6.92. The number of anilines is 1. The monoisotopic (exact) mass is 395 g/mol. The summed E-state index contributed by atoms with van der Waals surface area (Å²) in [5, 5.41) is 0. The van der Waals surface area contributed by atoms with Crippen molar-refractivity contribution in [2.75, 3.05) is 11.4 Å². The summed E-state index contributed by atoms with van der Waals surface area (Å²) < 4.78 is 33.4. The Kier molecular flexibility index (Phi) is 6.05. The van der Waals surface area contributed by atoms with Crippen LogP contribution in [-0.2, 0) is 16.6 Å². The van der Waals surface area contributed by atoms with Crippen molar-refractivity contribution in [2.24, 2.45) is 0 Å². The SMILES string of the molecule is COc1ccc(S(=O)(=O)N(Cc2ccc(C(C)C)cc2)c2ccccc2)cc1. The first-order valence-electron chi connectivity index (χ1n) is 9.22.